The van der Waals surface area contributed by atoms with Crippen molar-refractivity contribution in [1.29, 1.82) is 0 Å². The second-order valence-electron chi connectivity index (χ2n) is 3.81. The quantitative estimate of drug-likeness (QED) is 0.414. The maximum Gasteiger partial charge on any atom is 0.344 e. The van der Waals surface area contributed by atoms with Gasteiger partial charge in [-0.2, -0.15) is 0 Å². The summed E-state index contributed by atoms with van der Waals surface area (Å²) in [5.41, 5.74) is 5.28. The first kappa shape index (κ1) is 14.2. The Balaban J connectivity index is 2.42. The molecule has 6 nitrogen and oxygen atoms in total. The van der Waals surface area contributed by atoms with E-state index in [9.17, 15) is 14.6 Å². The lowest BCUT2D eigenvalue weighted by atomic mass is 9.51. The largest absolute Gasteiger partial charge is 0.390 e. The number of aliphatic hydroxyl groups is 1. The number of hydrogen-bond donors (Lipinski definition) is 3. The second-order valence-corrected chi connectivity index (χ2v) is 6.01. The molecular weight excluding hydrogens is 231 g/mol. The molecule has 0 amide bonds. The molecule has 0 spiro atoms. The molecule has 3 radical (unpaired) electrons. The molecule has 16 heavy (non-hydrogen) atoms. The molecule has 9 heteroatoms. The Bertz CT molecular complexity index is 280. The zero-order valence-electron chi connectivity index (χ0n) is 9.02. The normalized spacial score (nSPS) is 35.6. The Hall–Kier alpha value is 0.160. The fourth-order valence-corrected chi connectivity index (χ4v) is 1.93. The van der Waals surface area contributed by atoms with Gasteiger partial charge >= 0.3 is 7.60 Å². The van der Waals surface area contributed by atoms with Crippen molar-refractivity contribution in [2.75, 3.05) is 6.61 Å². The van der Waals surface area contributed by atoms with Gasteiger partial charge in [0.05, 0.1) is 19.9 Å². The Morgan fingerprint density at radius 3 is 2.88 bits per heavy atom. The molecule has 1 aliphatic rings. The molecule has 0 aromatic carbocycles. The minimum atomic E-state index is -3.83. The lowest BCUT2D eigenvalue weighted by molar-refractivity contribution is -0.000430. The third-order valence-corrected chi connectivity index (χ3v) is 3.95. The van der Waals surface area contributed by atoms with Crippen molar-refractivity contribution in [2.24, 2.45) is 5.73 Å². The van der Waals surface area contributed by atoms with E-state index in [-0.39, 0.29) is 12.6 Å². The molecule has 3 unspecified atom stereocenters. The van der Waals surface area contributed by atoms with Crippen molar-refractivity contribution >= 4 is 22.5 Å². The van der Waals surface area contributed by atoms with E-state index in [2.05, 4.69) is 0 Å². The molecule has 1 heterocycles. The van der Waals surface area contributed by atoms with Gasteiger partial charge in [0.15, 0.2) is 0 Å². The van der Waals surface area contributed by atoms with Crippen LogP contribution in [-0.2, 0) is 13.8 Å². The van der Waals surface area contributed by atoms with Crippen molar-refractivity contribution in [3.8, 4) is 0 Å². The van der Waals surface area contributed by atoms with Gasteiger partial charge in [0.1, 0.15) is 11.9 Å². The SMILES string of the molecule is [B][B][C@H]1C[C@@H](O)C(COP(=O)(O)C(C)N)O1. The summed E-state index contributed by atoms with van der Waals surface area (Å²) < 4.78 is 21.4. The van der Waals surface area contributed by atoms with Crippen LogP contribution in [0.15, 0.2) is 0 Å². The Morgan fingerprint density at radius 1 is 1.81 bits per heavy atom. The molecule has 1 fully saturated rings. The molecule has 0 aromatic rings. The second kappa shape index (κ2) is 5.67. The highest BCUT2D eigenvalue weighted by Gasteiger charge is 2.35. The first-order valence-corrected chi connectivity index (χ1v) is 6.62. The van der Waals surface area contributed by atoms with Gasteiger partial charge in [-0.15, -0.1) is 0 Å². The predicted octanol–water partition coefficient (Wildman–Crippen LogP) is -1.24. The van der Waals surface area contributed by atoms with E-state index in [1.807, 2.05) is 0 Å². The summed E-state index contributed by atoms with van der Waals surface area (Å²) in [6, 6.07) is -0.350. The van der Waals surface area contributed by atoms with Crippen LogP contribution >= 0.6 is 7.60 Å². The summed E-state index contributed by atoms with van der Waals surface area (Å²) in [5.74, 6) is -0.970. The van der Waals surface area contributed by atoms with Gasteiger partial charge in [0.25, 0.3) is 0 Å². The van der Waals surface area contributed by atoms with Crippen LogP contribution in [-0.4, -0.2) is 55.5 Å². The van der Waals surface area contributed by atoms with E-state index in [1.54, 1.807) is 0 Å². The van der Waals surface area contributed by atoms with Crippen LogP contribution < -0.4 is 5.73 Å². The van der Waals surface area contributed by atoms with Crippen LogP contribution in [0.3, 0.4) is 0 Å². The van der Waals surface area contributed by atoms with E-state index in [0.717, 1.165) is 0 Å². The molecule has 4 N–H and O–H groups in total. The number of aliphatic hydroxyl groups excluding tert-OH is 1. The van der Waals surface area contributed by atoms with Crippen molar-refractivity contribution in [3.05, 3.63) is 0 Å². The molecular formula is C7H15B2NO5P. The maximum atomic E-state index is 11.4. The van der Waals surface area contributed by atoms with E-state index in [4.69, 9.17) is 22.7 Å². The van der Waals surface area contributed by atoms with Crippen LogP contribution in [0.4, 0.5) is 0 Å². The fraction of sp³-hybridized carbons (Fsp3) is 1.00. The summed E-state index contributed by atoms with van der Waals surface area (Å²) in [6.07, 6.45) is -1.04. The van der Waals surface area contributed by atoms with Gasteiger partial charge < -0.3 is 25.0 Å². The first-order valence-electron chi connectivity index (χ1n) is 4.98. The minimum Gasteiger partial charge on any atom is -0.390 e. The standard InChI is InChI=1S/C7H15B2NO5P/c1-4(10)16(12,13)14-3-6-5(11)2-7(9-8)15-6/h4-7,11H,2-3,10H2,1H3,(H,12,13)/t4?,5-,6?,7-/m1/s1. The summed E-state index contributed by atoms with van der Waals surface area (Å²) in [5, 5.41) is 9.54. The monoisotopic (exact) mass is 246 g/mol. The molecule has 89 valence electrons. The Labute approximate surface area is 96.7 Å². The molecule has 5 atom stereocenters. The summed E-state index contributed by atoms with van der Waals surface area (Å²) in [4.78, 5) is 9.30. The van der Waals surface area contributed by atoms with Crippen molar-refractivity contribution in [1.82, 2.24) is 0 Å². The smallest absolute Gasteiger partial charge is 0.344 e. The van der Waals surface area contributed by atoms with Crippen LogP contribution in [0, 0.1) is 0 Å². The molecule has 1 rings (SSSR count). The maximum absolute atomic E-state index is 11.4. The highest BCUT2D eigenvalue weighted by molar-refractivity contribution is 7.53. The Kier molecular flexibility index (Phi) is 5.04. The van der Waals surface area contributed by atoms with E-state index in [0.29, 0.717) is 6.42 Å². The average molecular weight is 246 g/mol. The van der Waals surface area contributed by atoms with Gasteiger partial charge in [-0.1, -0.05) is 0 Å². The number of nitrogens with two attached hydrogens (primary N) is 1. The zero-order valence-corrected chi connectivity index (χ0v) is 9.92. The van der Waals surface area contributed by atoms with Crippen LogP contribution in [0.2, 0.25) is 0 Å². The third-order valence-electron chi connectivity index (χ3n) is 2.41. The Morgan fingerprint density at radius 2 is 2.44 bits per heavy atom. The van der Waals surface area contributed by atoms with Gasteiger partial charge in [-0.25, -0.2) is 0 Å². The van der Waals surface area contributed by atoms with Gasteiger partial charge in [0.2, 0.25) is 0 Å². The molecule has 1 saturated heterocycles. The number of hydrogen-bond acceptors (Lipinski definition) is 5. The van der Waals surface area contributed by atoms with Gasteiger partial charge in [-0.3, -0.25) is 4.57 Å². The molecule has 0 bridgehead atoms. The lowest BCUT2D eigenvalue weighted by Crippen LogP contribution is -2.28. The van der Waals surface area contributed by atoms with Crippen molar-refractivity contribution in [2.45, 2.75) is 37.3 Å². The summed E-state index contributed by atoms with van der Waals surface area (Å²) in [6.45, 7) is 1.20. The van der Waals surface area contributed by atoms with E-state index < -0.39 is 25.6 Å². The van der Waals surface area contributed by atoms with E-state index in [1.165, 1.54) is 14.1 Å². The van der Waals surface area contributed by atoms with Gasteiger partial charge in [0, 0.05) is 13.7 Å². The summed E-state index contributed by atoms with van der Waals surface area (Å²) >= 11 is 0. The molecule has 0 aliphatic carbocycles. The molecule has 0 saturated carbocycles. The van der Waals surface area contributed by atoms with Crippen molar-refractivity contribution in [3.63, 3.8) is 0 Å². The number of rotatable bonds is 5. The van der Waals surface area contributed by atoms with Crippen LogP contribution in [0.25, 0.3) is 0 Å². The predicted molar refractivity (Wildman–Crippen MR) is 60.2 cm³/mol. The molecule has 1 aliphatic heterocycles. The third kappa shape index (κ3) is 3.58. The highest BCUT2D eigenvalue weighted by Crippen LogP contribution is 2.45. The highest BCUT2D eigenvalue weighted by atomic mass is 31.2. The average Bonchev–Trinajstić information content (AvgIpc) is 2.56. The van der Waals surface area contributed by atoms with Crippen molar-refractivity contribution < 1.29 is 23.8 Å². The van der Waals surface area contributed by atoms with Crippen LogP contribution in [0.1, 0.15) is 13.3 Å². The van der Waals surface area contributed by atoms with E-state index >= 15 is 0 Å². The summed E-state index contributed by atoms with van der Waals surface area (Å²) in [7, 11) is 2.76. The topological polar surface area (TPSA) is 102 Å². The minimum absolute atomic E-state index is 0.180. The van der Waals surface area contributed by atoms with Gasteiger partial charge in [-0.05, 0) is 13.3 Å². The number of ether oxygens (including phenoxy) is 1. The molecule has 0 aromatic heterocycles. The first-order chi connectivity index (χ1) is 7.36. The lowest BCUT2D eigenvalue weighted by Gasteiger charge is -2.19. The van der Waals surface area contributed by atoms with Crippen LogP contribution in [0.5, 0.6) is 0 Å². The zero-order chi connectivity index (χ0) is 12.3. The fourth-order valence-electron chi connectivity index (χ4n) is 1.33.